The van der Waals surface area contributed by atoms with Crippen molar-refractivity contribution >= 4 is 17.8 Å². The lowest BCUT2D eigenvalue weighted by Crippen LogP contribution is -2.52. The third-order valence-electron chi connectivity index (χ3n) is 3.15. The van der Waals surface area contributed by atoms with Crippen LogP contribution in [0.5, 0.6) is 0 Å². The molecule has 1 atom stereocenters. The second-order valence-corrected chi connectivity index (χ2v) is 5.18. The summed E-state index contributed by atoms with van der Waals surface area (Å²) in [7, 11) is 0. The maximum Gasteiger partial charge on any atom is 0.471 e. The van der Waals surface area contributed by atoms with Crippen LogP contribution in [-0.4, -0.2) is 43.2 Å². The number of hydrogen-bond donors (Lipinski definition) is 2. The number of benzene rings is 1. The lowest BCUT2D eigenvalue weighted by Gasteiger charge is -2.19. The second kappa shape index (κ2) is 10.2. The SMILES string of the molecule is C/C=C/COC(=O)CNC(=O)C(Cc1ccccc1)NC(=O)C(F)(F)F. The smallest absolute Gasteiger partial charge is 0.460 e. The Morgan fingerprint density at radius 1 is 1.19 bits per heavy atom. The minimum atomic E-state index is -5.12. The topological polar surface area (TPSA) is 84.5 Å². The Hall–Kier alpha value is -2.84. The molecule has 26 heavy (non-hydrogen) atoms. The van der Waals surface area contributed by atoms with E-state index in [4.69, 9.17) is 4.74 Å². The van der Waals surface area contributed by atoms with Crippen LogP contribution in [0.25, 0.3) is 0 Å². The quantitative estimate of drug-likeness (QED) is 0.535. The number of carbonyl (C=O) groups excluding carboxylic acids is 3. The molecule has 2 N–H and O–H groups in total. The van der Waals surface area contributed by atoms with Crippen molar-refractivity contribution in [1.82, 2.24) is 10.6 Å². The Morgan fingerprint density at radius 2 is 1.85 bits per heavy atom. The van der Waals surface area contributed by atoms with Gasteiger partial charge in [0.2, 0.25) is 5.91 Å². The highest BCUT2D eigenvalue weighted by Crippen LogP contribution is 2.15. The summed E-state index contributed by atoms with van der Waals surface area (Å²) in [6.45, 7) is 1.22. The Morgan fingerprint density at radius 3 is 2.42 bits per heavy atom. The lowest BCUT2D eigenvalue weighted by molar-refractivity contribution is -0.174. The largest absolute Gasteiger partial charge is 0.471 e. The van der Waals surface area contributed by atoms with E-state index in [9.17, 15) is 27.6 Å². The summed E-state index contributed by atoms with van der Waals surface area (Å²) in [5.41, 5.74) is 0.547. The monoisotopic (exact) mass is 372 g/mol. The van der Waals surface area contributed by atoms with Gasteiger partial charge in [-0.2, -0.15) is 13.2 Å². The predicted molar refractivity (Wildman–Crippen MR) is 86.9 cm³/mol. The number of rotatable bonds is 8. The molecule has 0 bridgehead atoms. The normalized spacial score (nSPS) is 12.5. The van der Waals surface area contributed by atoms with Crippen LogP contribution < -0.4 is 10.6 Å². The summed E-state index contributed by atoms with van der Waals surface area (Å²) >= 11 is 0. The Labute approximate surface area is 148 Å². The first-order valence-electron chi connectivity index (χ1n) is 7.70. The fourth-order valence-electron chi connectivity index (χ4n) is 1.87. The Balaban J connectivity index is 2.71. The van der Waals surface area contributed by atoms with E-state index in [-0.39, 0.29) is 13.0 Å². The van der Waals surface area contributed by atoms with Gasteiger partial charge in [0.05, 0.1) is 0 Å². The van der Waals surface area contributed by atoms with Crippen LogP contribution >= 0.6 is 0 Å². The number of allylic oxidation sites excluding steroid dienone is 1. The zero-order valence-electron chi connectivity index (χ0n) is 14.0. The number of amides is 2. The molecule has 0 saturated heterocycles. The molecule has 1 rings (SSSR count). The number of carbonyl (C=O) groups is 3. The van der Waals surface area contributed by atoms with Crippen molar-refractivity contribution in [2.24, 2.45) is 0 Å². The first-order valence-corrected chi connectivity index (χ1v) is 7.70. The van der Waals surface area contributed by atoms with Crippen LogP contribution in [0.3, 0.4) is 0 Å². The van der Waals surface area contributed by atoms with Crippen molar-refractivity contribution < 1.29 is 32.3 Å². The van der Waals surface area contributed by atoms with Crippen LogP contribution in [0.15, 0.2) is 42.5 Å². The molecule has 0 aliphatic carbocycles. The molecule has 1 aromatic rings. The van der Waals surface area contributed by atoms with Crippen molar-refractivity contribution in [3.05, 3.63) is 48.0 Å². The number of esters is 1. The maximum atomic E-state index is 12.5. The first-order chi connectivity index (χ1) is 12.2. The van der Waals surface area contributed by atoms with Gasteiger partial charge < -0.3 is 15.4 Å². The number of nitrogens with one attached hydrogen (secondary N) is 2. The molecular weight excluding hydrogens is 353 g/mol. The van der Waals surface area contributed by atoms with E-state index < -0.39 is 36.5 Å². The highest BCUT2D eigenvalue weighted by molar-refractivity contribution is 5.91. The molecule has 0 fully saturated rings. The first kappa shape index (κ1) is 21.2. The van der Waals surface area contributed by atoms with Crippen LogP contribution in [0.2, 0.25) is 0 Å². The van der Waals surface area contributed by atoms with Gasteiger partial charge in [-0.3, -0.25) is 14.4 Å². The molecule has 0 heterocycles. The molecule has 0 saturated carbocycles. The van der Waals surface area contributed by atoms with Gasteiger partial charge in [-0.1, -0.05) is 42.5 Å². The van der Waals surface area contributed by atoms with E-state index >= 15 is 0 Å². The number of hydrogen-bond acceptors (Lipinski definition) is 4. The van der Waals surface area contributed by atoms with E-state index in [1.165, 1.54) is 0 Å². The van der Waals surface area contributed by atoms with Crippen LogP contribution in [0, 0.1) is 0 Å². The molecule has 9 heteroatoms. The minimum Gasteiger partial charge on any atom is -0.460 e. The number of ether oxygens (including phenoxy) is 1. The van der Waals surface area contributed by atoms with Crippen molar-refractivity contribution in [3.63, 3.8) is 0 Å². The van der Waals surface area contributed by atoms with E-state index in [0.29, 0.717) is 5.56 Å². The third-order valence-corrected chi connectivity index (χ3v) is 3.15. The third kappa shape index (κ3) is 7.82. The zero-order chi connectivity index (χ0) is 19.6. The molecule has 0 spiro atoms. The van der Waals surface area contributed by atoms with Gasteiger partial charge in [-0.15, -0.1) is 0 Å². The summed E-state index contributed by atoms with van der Waals surface area (Å²) < 4.78 is 42.2. The van der Waals surface area contributed by atoms with Gasteiger partial charge in [-0.05, 0) is 12.5 Å². The molecule has 1 unspecified atom stereocenters. The highest BCUT2D eigenvalue weighted by atomic mass is 19.4. The van der Waals surface area contributed by atoms with Crippen LogP contribution in [0.4, 0.5) is 13.2 Å². The summed E-state index contributed by atoms with van der Waals surface area (Å²) in [5, 5.41) is 3.81. The minimum absolute atomic E-state index is 0.0173. The van der Waals surface area contributed by atoms with Gasteiger partial charge in [0, 0.05) is 6.42 Å². The molecule has 142 valence electrons. The number of alkyl halides is 3. The van der Waals surface area contributed by atoms with E-state index in [1.54, 1.807) is 54.7 Å². The summed E-state index contributed by atoms with van der Waals surface area (Å²) in [6.07, 6.45) is -2.06. The maximum absolute atomic E-state index is 12.5. The predicted octanol–water partition coefficient (Wildman–Crippen LogP) is 1.51. The molecule has 6 nitrogen and oxygen atoms in total. The van der Waals surface area contributed by atoms with E-state index in [1.807, 2.05) is 0 Å². The van der Waals surface area contributed by atoms with E-state index in [2.05, 4.69) is 5.32 Å². The Bertz CT molecular complexity index is 645. The van der Waals surface area contributed by atoms with Crippen molar-refractivity contribution in [2.45, 2.75) is 25.6 Å². The zero-order valence-corrected chi connectivity index (χ0v) is 14.0. The lowest BCUT2D eigenvalue weighted by atomic mass is 10.1. The van der Waals surface area contributed by atoms with Crippen molar-refractivity contribution in [2.75, 3.05) is 13.2 Å². The second-order valence-electron chi connectivity index (χ2n) is 5.18. The fraction of sp³-hybridized carbons (Fsp3) is 0.353. The van der Waals surface area contributed by atoms with Crippen molar-refractivity contribution in [3.8, 4) is 0 Å². The average Bonchev–Trinajstić information content (AvgIpc) is 2.59. The summed E-state index contributed by atoms with van der Waals surface area (Å²) in [6, 6.07) is 6.71. The van der Waals surface area contributed by atoms with Gasteiger partial charge in [0.15, 0.2) is 0 Å². The highest BCUT2D eigenvalue weighted by Gasteiger charge is 2.40. The standard InChI is InChI=1S/C17H19F3N2O4/c1-2-3-9-26-14(23)11-21-15(24)13(22-16(25)17(18,19)20)10-12-7-5-4-6-8-12/h2-8,13H,9-11H2,1H3,(H,21,24)(H,22,25)/b3-2+. The average molecular weight is 372 g/mol. The van der Waals surface area contributed by atoms with Gasteiger partial charge in [0.1, 0.15) is 19.2 Å². The molecule has 0 aromatic heterocycles. The molecule has 0 aliphatic rings. The molecular formula is C17H19F3N2O4. The van der Waals surface area contributed by atoms with E-state index in [0.717, 1.165) is 0 Å². The number of halogens is 3. The van der Waals surface area contributed by atoms with Gasteiger partial charge >= 0.3 is 18.1 Å². The summed E-state index contributed by atoms with van der Waals surface area (Å²) in [4.78, 5) is 34.7. The van der Waals surface area contributed by atoms with Crippen LogP contribution in [0.1, 0.15) is 12.5 Å². The van der Waals surface area contributed by atoms with Crippen LogP contribution in [-0.2, 0) is 25.5 Å². The molecule has 0 radical (unpaired) electrons. The van der Waals surface area contributed by atoms with Gasteiger partial charge in [-0.25, -0.2) is 0 Å². The molecule has 0 aliphatic heterocycles. The fourth-order valence-corrected chi connectivity index (χ4v) is 1.87. The summed E-state index contributed by atoms with van der Waals surface area (Å²) in [5.74, 6) is -3.91. The Kier molecular flexibility index (Phi) is 8.33. The molecule has 2 amide bonds. The molecule has 1 aromatic carbocycles. The van der Waals surface area contributed by atoms with Gasteiger partial charge in [0.25, 0.3) is 0 Å². The van der Waals surface area contributed by atoms with Crippen molar-refractivity contribution in [1.29, 1.82) is 0 Å².